The van der Waals surface area contributed by atoms with Gasteiger partial charge in [-0.05, 0) is 109 Å². The second-order valence-electron chi connectivity index (χ2n) is 17.2. The Balaban J connectivity index is 0.000000139. The summed E-state index contributed by atoms with van der Waals surface area (Å²) >= 11 is 0. The molecule has 320 valence electrons. The van der Waals surface area contributed by atoms with Crippen molar-refractivity contribution in [2.24, 2.45) is 0 Å². The Labute approximate surface area is 358 Å². The van der Waals surface area contributed by atoms with E-state index in [-0.39, 0.29) is 56.0 Å². The molecule has 0 aromatic heterocycles. The van der Waals surface area contributed by atoms with E-state index in [0.29, 0.717) is 36.6 Å². The molecule has 0 spiro atoms. The summed E-state index contributed by atoms with van der Waals surface area (Å²) in [5.41, 5.74) is 9.77. The molecule has 0 saturated heterocycles. The molecule has 0 bridgehead atoms. The fraction of sp³-hybridized carbons (Fsp3) is 0.362. The van der Waals surface area contributed by atoms with Crippen LogP contribution in [0.25, 0.3) is 0 Å². The molecule has 1 N–H and O–H groups in total. The van der Waals surface area contributed by atoms with E-state index in [4.69, 9.17) is 42.1 Å². The molecule has 0 amide bonds. The molecule has 0 fully saturated rings. The highest BCUT2D eigenvalue weighted by Crippen LogP contribution is 2.56. The van der Waals surface area contributed by atoms with Crippen LogP contribution < -0.4 is 37.9 Å². The Morgan fingerprint density at radius 2 is 1.03 bits per heavy atom. The summed E-state index contributed by atoms with van der Waals surface area (Å²) in [5.74, 6) is 5.77. The highest BCUT2D eigenvalue weighted by molar-refractivity contribution is 7.86. The fourth-order valence-corrected chi connectivity index (χ4v) is 12.0. The molecule has 62 heavy (non-hydrogen) atoms. The number of fused-ring (bicyclic) bond motifs is 16. The van der Waals surface area contributed by atoms with Crippen molar-refractivity contribution in [2.45, 2.75) is 73.9 Å². The number of benzene rings is 5. The van der Waals surface area contributed by atoms with Crippen molar-refractivity contribution in [3.05, 3.63) is 123 Å². The second-order valence-corrected chi connectivity index (χ2v) is 18.8. The molecule has 15 heteroatoms. The van der Waals surface area contributed by atoms with E-state index in [1.165, 1.54) is 5.56 Å². The average Bonchev–Trinajstić information content (AvgIpc) is 4.10. The number of aryl methyl sites for hydroxylation is 1. The number of ether oxygens (including phenoxy) is 8. The summed E-state index contributed by atoms with van der Waals surface area (Å²) in [6, 6.07) is 22.8. The molecule has 6 heterocycles. The summed E-state index contributed by atoms with van der Waals surface area (Å²) < 4.78 is 78.1. The minimum atomic E-state index is -4.00. The Hall–Kier alpha value is -5.71. The summed E-state index contributed by atoms with van der Waals surface area (Å²) in [6.45, 7) is 4.19. The van der Waals surface area contributed by atoms with Gasteiger partial charge in [0.2, 0.25) is 27.2 Å². The van der Waals surface area contributed by atoms with E-state index < -0.39 is 22.3 Å². The van der Waals surface area contributed by atoms with Gasteiger partial charge >= 0.3 is 0 Å². The maximum Gasteiger partial charge on any atom is 0.297 e. The summed E-state index contributed by atoms with van der Waals surface area (Å²) in [7, 11) is 0.139. The number of nitrogens with zero attached hydrogens (tertiary/aromatic N) is 2. The molecule has 0 saturated carbocycles. The van der Waals surface area contributed by atoms with Gasteiger partial charge in [-0.2, -0.15) is 8.42 Å². The van der Waals surface area contributed by atoms with Gasteiger partial charge in [0.15, 0.2) is 46.0 Å². The van der Waals surface area contributed by atoms with Crippen LogP contribution in [0.3, 0.4) is 0 Å². The Bertz CT molecular complexity index is 2780. The molecule has 14 nitrogen and oxygen atoms in total. The first-order valence-electron chi connectivity index (χ1n) is 20.9. The van der Waals surface area contributed by atoms with Gasteiger partial charge in [-0.1, -0.05) is 29.8 Å². The standard InChI is InChI=1S/C27H25NO7S.C20H19NO5/c1-15-3-5-17(6-4-15)36(29,30)35-24-10-16-9-22-23(33-13-32-22)11-19(16)26-25(24)18-7-8-21-27(34-14-31-21)20(18)12-28(26)2;1-21-7-13-11(2-3-15-20(13)26-9-23-15)18-14(22)4-10-5-16-17(25-8-24-16)6-12(10)19(18)21/h3-9,11,24-26H,10,12-14H2,1-2H3;2-3,5-6,14,18-19,22H,4,7-9H2,1H3/t24-,25-,26+;14-,18-,19+/m00/s1. The minimum absolute atomic E-state index is 0.00822. The normalized spacial score (nSPS) is 25.4. The molecule has 6 atom stereocenters. The van der Waals surface area contributed by atoms with Gasteiger partial charge in [-0.3, -0.25) is 14.0 Å². The SMILES string of the molecule is CN1Cc2c(ccc3c2OCO3)[C@@H]2[C@H]1c1cc3c(cc1C[C@@H]2O)OCO3.Cc1ccc(S(=O)(=O)O[C@H]2Cc3cc4c(cc3[C@@H]3[C@H]2c2ccc5c(c2CN3C)OCO5)OCO4)cc1. The van der Waals surface area contributed by atoms with Gasteiger partial charge in [-0.25, -0.2) is 0 Å². The van der Waals surface area contributed by atoms with E-state index in [2.05, 4.69) is 29.0 Å². The van der Waals surface area contributed by atoms with Crippen molar-refractivity contribution in [3.63, 3.8) is 0 Å². The number of rotatable bonds is 3. The Morgan fingerprint density at radius 3 is 1.60 bits per heavy atom. The molecule has 2 aliphatic carbocycles. The third-order valence-electron chi connectivity index (χ3n) is 13.7. The van der Waals surface area contributed by atoms with E-state index >= 15 is 0 Å². The lowest BCUT2D eigenvalue weighted by molar-refractivity contribution is 0.0591. The van der Waals surface area contributed by atoms with Crippen LogP contribution in [0.5, 0.6) is 46.0 Å². The molecular weight excluding hydrogens is 817 g/mol. The third-order valence-corrected chi connectivity index (χ3v) is 15.0. The highest BCUT2D eigenvalue weighted by Gasteiger charge is 2.49. The van der Waals surface area contributed by atoms with E-state index in [1.54, 1.807) is 24.3 Å². The van der Waals surface area contributed by atoms with Crippen LogP contribution in [-0.2, 0) is 40.2 Å². The zero-order chi connectivity index (χ0) is 42.0. The number of hydrogen-bond donors (Lipinski definition) is 1. The van der Waals surface area contributed by atoms with Crippen LogP contribution >= 0.6 is 0 Å². The topological polar surface area (TPSA) is 144 Å². The number of aliphatic hydroxyl groups is 1. The quantitative estimate of drug-likeness (QED) is 0.200. The zero-order valence-corrected chi connectivity index (χ0v) is 35.1. The van der Waals surface area contributed by atoms with Crippen LogP contribution in [0.15, 0.2) is 77.7 Å². The predicted octanol–water partition coefficient (Wildman–Crippen LogP) is 6.38. The van der Waals surface area contributed by atoms with Gasteiger partial charge in [0, 0.05) is 54.6 Å². The molecule has 6 aliphatic heterocycles. The van der Waals surface area contributed by atoms with Crippen molar-refractivity contribution in [1.29, 1.82) is 0 Å². The van der Waals surface area contributed by atoms with Crippen LogP contribution in [0.2, 0.25) is 0 Å². The molecule has 0 radical (unpaired) electrons. The van der Waals surface area contributed by atoms with E-state index in [9.17, 15) is 13.5 Å². The van der Waals surface area contributed by atoms with Crippen molar-refractivity contribution in [3.8, 4) is 46.0 Å². The van der Waals surface area contributed by atoms with Crippen molar-refractivity contribution >= 4 is 10.1 Å². The highest BCUT2D eigenvalue weighted by atomic mass is 32.2. The lowest BCUT2D eigenvalue weighted by Crippen LogP contribution is -2.45. The Morgan fingerprint density at radius 1 is 0.565 bits per heavy atom. The van der Waals surface area contributed by atoms with Crippen LogP contribution in [0, 0.1) is 6.92 Å². The summed E-state index contributed by atoms with van der Waals surface area (Å²) in [4.78, 5) is 4.67. The van der Waals surface area contributed by atoms with Crippen LogP contribution in [-0.4, -0.2) is 76.8 Å². The first-order chi connectivity index (χ1) is 30.1. The maximum absolute atomic E-state index is 13.4. The zero-order valence-electron chi connectivity index (χ0n) is 34.3. The average molecular weight is 861 g/mol. The smallest absolute Gasteiger partial charge is 0.297 e. The largest absolute Gasteiger partial charge is 0.454 e. The van der Waals surface area contributed by atoms with Gasteiger partial charge < -0.3 is 43.0 Å². The summed E-state index contributed by atoms with van der Waals surface area (Å²) in [5, 5.41) is 11.0. The van der Waals surface area contributed by atoms with Gasteiger partial charge in [0.05, 0.1) is 17.1 Å². The van der Waals surface area contributed by atoms with Crippen molar-refractivity contribution in [2.75, 3.05) is 41.3 Å². The second kappa shape index (κ2) is 14.2. The molecular formula is C47H44N2O12S. The van der Waals surface area contributed by atoms with Crippen LogP contribution in [0.4, 0.5) is 0 Å². The van der Waals surface area contributed by atoms with E-state index in [0.717, 1.165) is 79.8 Å². The molecule has 5 aromatic carbocycles. The minimum Gasteiger partial charge on any atom is -0.454 e. The summed E-state index contributed by atoms with van der Waals surface area (Å²) in [6.07, 6.45) is -0.0692. The third kappa shape index (κ3) is 5.93. The van der Waals surface area contributed by atoms with Gasteiger partial charge in [-0.15, -0.1) is 0 Å². The first kappa shape index (κ1) is 38.0. The van der Waals surface area contributed by atoms with Gasteiger partial charge in [0.1, 0.15) is 0 Å². The molecule has 13 rings (SSSR count). The lowest BCUT2D eigenvalue weighted by atomic mass is 9.70. The number of aliphatic hydroxyl groups excluding tert-OH is 1. The fourth-order valence-electron chi connectivity index (χ4n) is 10.9. The predicted molar refractivity (Wildman–Crippen MR) is 221 cm³/mol. The van der Waals surface area contributed by atoms with E-state index in [1.807, 2.05) is 50.4 Å². The van der Waals surface area contributed by atoms with Crippen LogP contribution in [0.1, 0.15) is 74.0 Å². The van der Waals surface area contributed by atoms with Gasteiger partial charge in [0.25, 0.3) is 10.1 Å². The molecule has 0 unspecified atom stereocenters. The molecule has 8 aliphatic rings. The lowest BCUT2D eigenvalue weighted by Gasteiger charge is -2.47. The molecule has 5 aromatic rings. The van der Waals surface area contributed by atoms with Crippen molar-refractivity contribution < 1.29 is 55.6 Å². The Kier molecular flexibility index (Phi) is 8.68. The number of likely N-dealkylation sites (N-methyl/N-ethyl adjacent to an activating group) is 2. The monoisotopic (exact) mass is 860 g/mol. The first-order valence-corrected chi connectivity index (χ1v) is 22.3. The maximum atomic E-state index is 13.4. The number of hydrogen-bond acceptors (Lipinski definition) is 14. The van der Waals surface area contributed by atoms with Crippen molar-refractivity contribution in [1.82, 2.24) is 9.80 Å².